The highest BCUT2D eigenvalue weighted by atomic mass is 32.1. The molecule has 0 bridgehead atoms. The zero-order valence-corrected chi connectivity index (χ0v) is 17.6. The maximum Gasteiger partial charge on any atom is 0.0708 e. The molecule has 0 aliphatic carbocycles. The zero-order valence-electron chi connectivity index (χ0n) is 16.8. The maximum absolute atomic E-state index is 4.72. The minimum Gasteiger partial charge on any atom is -0.263 e. The van der Waals surface area contributed by atoms with Gasteiger partial charge in [0.25, 0.3) is 0 Å². The molecular formula is C26H22N2S. The van der Waals surface area contributed by atoms with Crippen molar-refractivity contribution in [3.05, 3.63) is 84.1 Å². The molecule has 0 atom stereocenters. The van der Waals surface area contributed by atoms with Crippen molar-refractivity contribution in [3.8, 4) is 22.4 Å². The molecule has 29 heavy (non-hydrogen) atoms. The van der Waals surface area contributed by atoms with Crippen molar-refractivity contribution in [1.29, 1.82) is 0 Å². The second-order valence-electron chi connectivity index (χ2n) is 8.44. The summed E-state index contributed by atoms with van der Waals surface area (Å²) >= 11 is 1.72. The van der Waals surface area contributed by atoms with E-state index in [1.54, 1.807) is 11.3 Å². The van der Waals surface area contributed by atoms with Crippen LogP contribution < -0.4 is 0 Å². The number of fused-ring (bicyclic) bond motifs is 2. The molecule has 0 saturated carbocycles. The van der Waals surface area contributed by atoms with Gasteiger partial charge in [-0.05, 0) is 63.0 Å². The van der Waals surface area contributed by atoms with E-state index >= 15 is 0 Å². The van der Waals surface area contributed by atoms with Gasteiger partial charge in [0.15, 0.2) is 0 Å². The van der Waals surface area contributed by atoms with Gasteiger partial charge in [0.2, 0.25) is 0 Å². The number of hydrogen-bond acceptors (Lipinski definition) is 3. The third-order valence-electron chi connectivity index (χ3n) is 5.42. The van der Waals surface area contributed by atoms with E-state index in [1.807, 2.05) is 18.6 Å². The lowest BCUT2D eigenvalue weighted by molar-refractivity contribution is 0.596. The topological polar surface area (TPSA) is 25.8 Å². The molecule has 0 aliphatic rings. The fraction of sp³-hybridized carbons (Fsp3) is 0.154. The molecule has 0 unspecified atom stereocenters. The van der Waals surface area contributed by atoms with Crippen LogP contribution >= 0.6 is 11.3 Å². The number of aromatic nitrogens is 2. The highest BCUT2D eigenvalue weighted by Crippen LogP contribution is 2.36. The number of pyridine rings is 2. The van der Waals surface area contributed by atoms with Gasteiger partial charge in [0.05, 0.1) is 10.4 Å². The number of benzene rings is 2. The monoisotopic (exact) mass is 394 g/mol. The van der Waals surface area contributed by atoms with Crippen molar-refractivity contribution in [3.63, 3.8) is 0 Å². The molecule has 3 heteroatoms. The van der Waals surface area contributed by atoms with Crippen LogP contribution in [0.5, 0.6) is 0 Å². The molecule has 3 aromatic heterocycles. The Hall–Kier alpha value is -3.04. The summed E-state index contributed by atoms with van der Waals surface area (Å²) in [6, 6.07) is 19.6. The Balaban J connectivity index is 1.70. The maximum atomic E-state index is 4.72. The van der Waals surface area contributed by atoms with Crippen LogP contribution in [-0.4, -0.2) is 9.97 Å². The summed E-state index contributed by atoms with van der Waals surface area (Å²) < 4.78 is 1.21. The first kappa shape index (κ1) is 18.0. The Bertz CT molecular complexity index is 1340. The fourth-order valence-electron chi connectivity index (χ4n) is 3.96. The third kappa shape index (κ3) is 3.22. The summed E-state index contributed by atoms with van der Waals surface area (Å²) in [6.45, 7) is 6.81. The van der Waals surface area contributed by atoms with Crippen molar-refractivity contribution in [2.45, 2.75) is 26.2 Å². The van der Waals surface area contributed by atoms with Gasteiger partial charge in [-0.1, -0.05) is 45.0 Å². The summed E-state index contributed by atoms with van der Waals surface area (Å²) in [7, 11) is 0. The Morgan fingerprint density at radius 3 is 2.55 bits per heavy atom. The smallest absolute Gasteiger partial charge is 0.0708 e. The standard InChI is InChI=1S/C26H22N2S/c1-26(2,3)23-13-19(12-17-6-4-5-7-20(17)23)24-14-18(8-10-28-24)22-15-27-16-25-21(22)9-11-29-25/h4-16H,1-3H3. The molecular weight excluding hydrogens is 372 g/mol. The number of nitrogens with zero attached hydrogens (tertiary/aromatic N) is 2. The van der Waals surface area contributed by atoms with Gasteiger partial charge >= 0.3 is 0 Å². The summed E-state index contributed by atoms with van der Waals surface area (Å²) in [5, 5.41) is 5.93. The molecule has 2 aromatic carbocycles. The molecule has 5 aromatic rings. The fourth-order valence-corrected chi connectivity index (χ4v) is 4.73. The van der Waals surface area contributed by atoms with Gasteiger partial charge in [-0.25, -0.2) is 0 Å². The average Bonchev–Trinajstić information content (AvgIpc) is 3.21. The van der Waals surface area contributed by atoms with Crippen molar-refractivity contribution < 1.29 is 0 Å². The average molecular weight is 395 g/mol. The van der Waals surface area contributed by atoms with E-state index in [9.17, 15) is 0 Å². The van der Waals surface area contributed by atoms with E-state index in [0.717, 1.165) is 22.4 Å². The lowest BCUT2D eigenvalue weighted by Crippen LogP contribution is -2.12. The second-order valence-corrected chi connectivity index (χ2v) is 9.39. The van der Waals surface area contributed by atoms with Crippen LogP contribution in [0.3, 0.4) is 0 Å². The molecule has 0 spiro atoms. The predicted molar refractivity (Wildman–Crippen MR) is 124 cm³/mol. The Kier molecular flexibility index (Phi) is 4.21. The zero-order chi connectivity index (χ0) is 20.0. The van der Waals surface area contributed by atoms with E-state index in [0.29, 0.717) is 0 Å². The van der Waals surface area contributed by atoms with E-state index in [-0.39, 0.29) is 5.41 Å². The molecule has 0 fully saturated rings. The molecule has 3 heterocycles. The first-order chi connectivity index (χ1) is 14.0. The van der Waals surface area contributed by atoms with E-state index in [4.69, 9.17) is 4.98 Å². The summed E-state index contributed by atoms with van der Waals surface area (Å²) in [6.07, 6.45) is 5.79. The van der Waals surface area contributed by atoms with Crippen molar-refractivity contribution in [2.24, 2.45) is 0 Å². The van der Waals surface area contributed by atoms with Crippen LogP contribution in [0, 0.1) is 0 Å². The molecule has 2 nitrogen and oxygen atoms in total. The van der Waals surface area contributed by atoms with Crippen LogP contribution in [-0.2, 0) is 5.41 Å². The van der Waals surface area contributed by atoms with E-state index in [2.05, 4.69) is 85.7 Å². The molecule has 0 N–H and O–H groups in total. The van der Waals surface area contributed by atoms with Crippen LogP contribution in [0.15, 0.2) is 78.6 Å². The van der Waals surface area contributed by atoms with Gasteiger partial charge in [0, 0.05) is 35.1 Å². The molecule has 0 saturated heterocycles. The lowest BCUT2D eigenvalue weighted by atomic mass is 9.82. The molecule has 0 aliphatic heterocycles. The summed E-state index contributed by atoms with van der Waals surface area (Å²) in [4.78, 5) is 9.16. The van der Waals surface area contributed by atoms with Crippen LogP contribution in [0.2, 0.25) is 0 Å². The van der Waals surface area contributed by atoms with Gasteiger partial charge < -0.3 is 0 Å². The van der Waals surface area contributed by atoms with Crippen LogP contribution in [0.25, 0.3) is 43.2 Å². The van der Waals surface area contributed by atoms with Gasteiger partial charge in [-0.3, -0.25) is 9.97 Å². The quantitative estimate of drug-likeness (QED) is 0.310. The minimum atomic E-state index is 0.0550. The lowest BCUT2D eigenvalue weighted by Gasteiger charge is -2.22. The summed E-state index contributed by atoms with van der Waals surface area (Å²) in [5.74, 6) is 0. The molecule has 5 rings (SSSR count). The van der Waals surface area contributed by atoms with Gasteiger partial charge in [0.1, 0.15) is 0 Å². The first-order valence-corrected chi connectivity index (χ1v) is 10.7. The number of hydrogen-bond donors (Lipinski definition) is 0. The predicted octanol–water partition coefficient (Wildman–Crippen LogP) is 7.48. The van der Waals surface area contributed by atoms with Crippen LogP contribution in [0.1, 0.15) is 26.3 Å². The normalized spacial score (nSPS) is 12.0. The molecule has 142 valence electrons. The highest BCUT2D eigenvalue weighted by molar-refractivity contribution is 7.17. The summed E-state index contributed by atoms with van der Waals surface area (Å²) in [5.41, 5.74) is 5.85. The van der Waals surface area contributed by atoms with Gasteiger partial charge in [-0.15, -0.1) is 11.3 Å². The van der Waals surface area contributed by atoms with Crippen molar-refractivity contribution in [2.75, 3.05) is 0 Å². The Morgan fingerprint density at radius 2 is 1.69 bits per heavy atom. The van der Waals surface area contributed by atoms with Crippen LogP contribution in [0.4, 0.5) is 0 Å². The number of rotatable bonds is 2. The SMILES string of the molecule is CC(C)(C)c1cc(-c2cc(-c3cncc4sccc34)ccn2)cc2ccccc12. The third-order valence-corrected chi connectivity index (χ3v) is 6.27. The van der Waals surface area contributed by atoms with Crippen molar-refractivity contribution in [1.82, 2.24) is 9.97 Å². The van der Waals surface area contributed by atoms with E-state index in [1.165, 1.54) is 26.4 Å². The Labute approximate surface area is 174 Å². The van der Waals surface area contributed by atoms with E-state index < -0.39 is 0 Å². The largest absolute Gasteiger partial charge is 0.263 e. The molecule has 0 amide bonds. The first-order valence-electron chi connectivity index (χ1n) is 9.82. The highest BCUT2D eigenvalue weighted by Gasteiger charge is 2.18. The van der Waals surface area contributed by atoms with Gasteiger partial charge in [-0.2, -0.15) is 0 Å². The van der Waals surface area contributed by atoms with Crippen molar-refractivity contribution >= 4 is 32.2 Å². The Morgan fingerprint density at radius 1 is 0.828 bits per heavy atom. The second kappa shape index (κ2) is 6.78. The number of thiophene rings is 1. The minimum absolute atomic E-state index is 0.0550. The molecule has 0 radical (unpaired) electrons.